The molecule has 2 aliphatic carbocycles. The number of anilines is 1. The molecule has 2 saturated heterocycles. The van der Waals surface area contributed by atoms with Gasteiger partial charge in [-0.1, -0.05) is 29.3 Å². The molecule has 4 heterocycles. The van der Waals surface area contributed by atoms with Gasteiger partial charge in [-0.3, -0.25) is 23.9 Å². The van der Waals surface area contributed by atoms with Gasteiger partial charge in [0.2, 0.25) is 23.6 Å². The van der Waals surface area contributed by atoms with E-state index in [2.05, 4.69) is 0 Å². The van der Waals surface area contributed by atoms with E-state index in [4.69, 9.17) is 26.2 Å². The molecular formula is C37H33ClN4O8S. The monoisotopic (exact) mass is 728 g/mol. The molecule has 2 aromatic heterocycles. The summed E-state index contributed by atoms with van der Waals surface area (Å²) in [4.78, 5) is 72.1. The van der Waals surface area contributed by atoms with E-state index in [0.717, 1.165) is 33.2 Å². The van der Waals surface area contributed by atoms with Gasteiger partial charge >= 0.3 is 6.09 Å². The number of allylic oxidation sites excluding steroid dienone is 2. The first-order valence-corrected chi connectivity index (χ1v) is 17.6. The molecule has 1 saturated carbocycles. The van der Waals surface area contributed by atoms with Crippen LogP contribution in [-0.2, 0) is 31.0 Å². The maximum atomic E-state index is 15.0. The molecule has 14 heteroatoms. The Morgan fingerprint density at radius 1 is 1.04 bits per heavy atom. The van der Waals surface area contributed by atoms with Crippen LogP contribution in [0.2, 0.25) is 5.02 Å². The maximum absolute atomic E-state index is 15.0. The van der Waals surface area contributed by atoms with Crippen molar-refractivity contribution >= 4 is 68.6 Å². The van der Waals surface area contributed by atoms with Crippen molar-refractivity contribution in [3.63, 3.8) is 0 Å². The van der Waals surface area contributed by atoms with Gasteiger partial charge in [0.15, 0.2) is 11.5 Å². The molecular weight excluding hydrogens is 696 g/mol. The second-order valence-corrected chi connectivity index (χ2v) is 15.3. The van der Waals surface area contributed by atoms with E-state index < -0.39 is 64.7 Å². The molecule has 0 spiro atoms. The number of fused-ring (bicyclic) bond motifs is 5. The van der Waals surface area contributed by atoms with Crippen LogP contribution in [0.1, 0.15) is 36.8 Å². The molecule has 8 rings (SSSR count). The van der Waals surface area contributed by atoms with Crippen molar-refractivity contribution in [3.05, 3.63) is 70.3 Å². The number of hydrogen-bond acceptors (Lipinski definition) is 10. The van der Waals surface area contributed by atoms with E-state index in [0.29, 0.717) is 27.0 Å². The van der Waals surface area contributed by atoms with Crippen LogP contribution in [0, 0.1) is 36.0 Å². The van der Waals surface area contributed by atoms with Crippen LogP contribution < -0.4 is 9.64 Å². The lowest BCUT2D eigenvalue weighted by Gasteiger charge is -2.49. The van der Waals surface area contributed by atoms with Crippen LogP contribution in [0.5, 0.6) is 11.5 Å². The summed E-state index contributed by atoms with van der Waals surface area (Å²) < 4.78 is 12.8. The SMILES string of the molecule is COC(=O)N1C(=O)[C@H]2[C@H](CC=C3[C@H]2C[C@H]2C(=O)N(c4cc(-c5sc6ccc(Cl)cc6c5C)nn4C)C(=O)[C@@]2(C)[C@H]3c2ccc(O)c(OC)c2)C1=O. The number of thiophene rings is 1. The first-order valence-electron chi connectivity index (χ1n) is 16.5. The van der Waals surface area contributed by atoms with Crippen LogP contribution in [-0.4, -0.2) is 63.7 Å². The molecule has 3 fully saturated rings. The number of benzene rings is 2. The van der Waals surface area contributed by atoms with Crippen molar-refractivity contribution in [3.8, 4) is 22.1 Å². The third kappa shape index (κ3) is 4.50. The molecule has 0 bridgehead atoms. The van der Waals surface area contributed by atoms with Crippen molar-refractivity contribution < 1.29 is 38.6 Å². The zero-order valence-corrected chi connectivity index (χ0v) is 29.9. The second kappa shape index (κ2) is 11.5. The Morgan fingerprint density at radius 3 is 2.53 bits per heavy atom. The highest BCUT2D eigenvalue weighted by Gasteiger charge is 2.68. The van der Waals surface area contributed by atoms with Gasteiger partial charge < -0.3 is 14.6 Å². The molecule has 4 aliphatic rings. The van der Waals surface area contributed by atoms with Crippen LogP contribution in [0.15, 0.2) is 54.1 Å². The molecule has 2 aromatic carbocycles. The lowest BCUT2D eigenvalue weighted by atomic mass is 9.51. The summed E-state index contributed by atoms with van der Waals surface area (Å²) in [6.07, 6.45) is 1.09. The van der Waals surface area contributed by atoms with Gasteiger partial charge in [0.1, 0.15) is 11.5 Å². The fourth-order valence-electron chi connectivity index (χ4n) is 8.97. The number of amides is 5. The summed E-state index contributed by atoms with van der Waals surface area (Å²) in [6.45, 7) is 3.75. The Morgan fingerprint density at radius 2 is 1.80 bits per heavy atom. The number of nitrogens with zero attached hydrogens (tertiary/aromatic N) is 4. The minimum absolute atomic E-state index is 0.102. The van der Waals surface area contributed by atoms with Gasteiger partial charge in [-0.05, 0) is 79.5 Å². The molecule has 0 unspecified atom stereocenters. The number of likely N-dealkylation sites (tertiary alicyclic amines) is 1. The molecule has 2 aliphatic heterocycles. The summed E-state index contributed by atoms with van der Waals surface area (Å²) in [7, 11) is 4.21. The van der Waals surface area contributed by atoms with E-state index >= 15 is 0 Å². The average molecular weight is 729 g/mol. The first-order chi connectivity index (χ1) is 24.3. The van der Waals surface area contributed by atoms with Crippen molar-refractivity contribution in [1.82, 2.24) is 14.7 Å². The Bertz CT molecular complexity index is 2280. The van der Waals surface area contributed by atoms with Crippen LogP contribution in [0.25, 0.3) is 20.7 Å². The number of methoxy groups -OCH3 is 2. The fraction of sp³-hybridized carbons (Fsp3) is 0.351. The number of phenols is 1. The Balaban J connectivity index is 1.26. The third-order valence-corrected chi connectivity index (χ3v) is 12.9. The molecule has 6 atom stereocenters. The molecule has 51 heavy (non-hydrogen) atoms. The van der Waals surface area contributed by atoms with E-state index in [1.165, 1.54) is 22.8 Å². The number of ether oxygens (including phenoxy) is 2. The van der Waals surface area contributed by atoms with E-state index in [1.807, 2.05) is 31.2 Å². The standard InChI is InChI=1S/C37H33ClN4O8S/c1-16-21-13-18(38)7-11-27(21)51-31(16)24-15-28(40(3)39-24)41-33(45)23-14-22-19(8-9-20-29(22)34(46)42(32(20)44)36(48)50-5)30(37(23,2)35(41)47)17-6-10-25(43)26(12-17)49-4/h6-8,10-13,15,20,22-23,29-30,43H,9,14H2,1-5H3/t20-,22+,23-,29-,30-,37+/m0/s1. The largest absolute Gasteiger partial charge is 0.504 e. The quantitative estimate of drug-likeness (QED) is 0.198. The van der Waals surface area contributed by atoms with Gasteiger partial charge in [-0.25, -0.2) is 9.69 Å². The molecule has 1 N–H and O–H groups in total. The highest BCUT2D eigenvalue weighted by atomic mass is 35.5. The number of aromatic hydroxyl groups is 1. The topological polar surface area (TPSA) is 148 Å². The summed E-state index contributed by atoms with van der Waals surface area (Å²) in [5.74, 6) is -5.84. The first kappa shape index (κ1) is 33.2. The maximum Gasteiger partial charge on any atom is 0.423 e. The Kier molecular flexibility index (Phi) is 7.48. The lowest BCUT2D eigenvalue weighted by Crippen LogP contribution is -2.49. The van der Waals surface area contributed by atoms with E-state index in [-0.39, 0.29) is 24.3 Å². The molecule has 12 nitrogen and oxygen atoms in total. The third-order valence-electron chi connectivity index (χ3n) is 11.4. The predicted molar refractivity (Wildman–Crippen MR) is 187 cm³/mol. The second-order valence-electron chi connectivity index (χ2n) is 13.8. The number of carbonyl (C=O) groups excluding carboxylic acids is 5. The van der Waals surface area contributed by atoms with Crippen LogP contribution in [0.3, 0.4) is 0 Å². The lowest BCUT2D eigenvalue weighted by molar-refractivity contribution is -0.138. The summed E-state index contributed by atoms with van der Waals surface area (Å²) in [5, 5.41) is 16.8. The van der Waals surface area contributed by atoms with Gasteiger partial charge in [-0.2, -0.15) is 10.00 Å². The fourth-order valence-corrected chi connectivity index (χ4v) is 10.3. The summed E-state index contributed by atoms with van der Waals surface area (Å²) in [6, 6.07) is 12.2. The van der Waals surface area contributed by atoms with Crippen molar-refractivity contribution in [1.29, 1.82) is 0 Å². The summed E-state index contributed by atoms with van der Waals surface area (Å²) >= 11 is 7.83. The number of aromatic nitrogens is 2. The minimum atomic E-state index is -1.34. The van der Waals surface area contributed by atoms with Crippen molar-refractivity contribution in [2.45, 2.75) is 32.6 Å². The van der Waals surface area contributed by atoms with Crippen molar-refractivity contribution in [2.75, 3.05) is 19.1 Å². The Labute approximate surface area is 301 Å². The zero-order valence-electron chi connectivity index (χ0n) is 28.3. The number of carbonyl (C=O) groups is 5. The van der Waals surface area contributed by atoms with Crippen LogP contribution in [0.4, 0.5) is 10.6 Å². The van der Waals surface area contributed by atoms with Gasteiger partial charge in [0, 0.05) is 28.8 Å². The molecule has 0 radical (unpaired) electrons. The normalized spacial score (nSPS) is 27.1. The number of aryl methyl sites for hydroxylation is 2. The number of phenolic OH excluding ortho intramolecular Hbond substituents is 1. The number of hydrogen-bond donors (Lipinski definition) is 1. The number of rotatable bonds is 4. The smallest absolute Gasteiger partial charge is 0.423 e. The van der Waals surface area contributed by atoms with Gasteiger partial charge in [0.05, 0.1) is 42.3 Å². The predicted octanol–water partition coefficient (Wildman–Crippen LogP) is 5.97. The molecule has 5 amide bonds. The highest BCUT2D eigenvalue weighted by molar-refractivity contribution is 7.22. The molecule has 4 aromatic rings. The van der Waals surface area contributed by atoms with E-state index in [9.17, 15) is 29.1 Å². The van der Waals surface area contributed by atoms with Crippen LogP contribution >= 0.6 is 22.9 Å². The summed E-state index contributed by atoms with van der Waals surface area (Å²) in [5.41, 5.74) is 1.56. The number of halogens is 1. The average Bonchev–Trinajstić information content (AvgIpc) is 3.78. The van der Waals surface area contributed by atoms with Crippen molar-refractivity contribution in [2.24, 2.45) is 36.1 Å². The minimum Gasteiger partial charge on any atom is -0.504 e. The zero-order chi connectivity index (χ0) is 36.3. The number of imide groups is 4. The van der Waals surface area contributed by atoms with Gasteiger partial charge in [-0.15, -0.1) is 11.3 Å². The Hall–Kier alpha value is -5.01. The molecule has 262 valence electrons. The van der Waals surface area contributed by atoms with E-state index in [1.54, 1.807) is 43.5 Å². The highest BCUT2D eigenvalue weighted by Crippen LogP contribution is 2.64. The van der Waals surface area contributed by atoms with Gasteiger partial charge in [0.25, 0.3) is 0 Å².